The summed E-state index contributed by atoms with van der Waals surface area (Å²) in [4.78, 5) is 23.6. The van der Waals surface area contributed by atoms with Crippen LogP contribution in [-0.2, 0) is 9.59 Å². The second kappa shape index (κ2) is 5.69. The third kappa shape index (κ3) is 3.43. The minimum atomic E-state index is -1.22. The third-order valence-electron chi connectivity index (χ3n) is 2.99. The van der Waals surface area contributed by atoms with E-state index in [0.717, 1.165) is 25.9 Å². The molecule has 1 fully saturated rings. The number of carboxylic acids is 1. The minimum absolute atomic E-state index is 0.270. The molecular weight excluding hydrogens is 251 g/mol. The van der Waals surface area contributed by atoms with E-state index < -0.39 is 24.1 Å². The second-order valence-corrected chi connectivity index (χ2v) is 4.48. The molecule has 6 heteroatoms. The topological polar surface area (TPSA) is 69.6 Å². The van der Waals surface area contributed by atoms with Crippen LogP contribution < -0.4 is 10.2 Å². The molecule has 0 bridgehead atoms. The van der Waals surface area contributed by atoms with E-state index in [2.05, 4.69) is 5.32 Å². The van der Waals surface area contributed by atoms with Gasteiger partial charge in [0.05, 0.1) is 5.69 Å². The average molecular weight is 266 g/mol. The number of carbonyl (C=O) groups is 2. The Bertz CT molecular complexity index is 499. The van der Waals surface area contributed by atoms with Gasteiger partial charge in [-0.1, -0.05) is 0 Å². The molecule has 1 aromatic carbocycles. The SMILES string of the molecule is O=C(O)CC(=O)Nc1ccc(N2CCCC2)c(F)c1. The Morgan fingerprint density at radius 3 is 2.58 bits per heavy atom. The molecule has 0 unspecified atom stereocenters. The molecule has 1 aromatic rings. The quantitative estimate of drug-likeness (QED) is 0.816. The van der Waals surface area contributed by atoms with Crippen molar-refractivity contribution in [3.8, 4) is 0 Å². The van der Waals surface area contributed by atoms with Crippen LogP contribution in [0.5, 0.6) is 0 Å². The number of benzene rings is 1. The van der Waals surface area contributed by atoms with Crippen LogP contribution in [0.4, 0.5) is 15.8 Å². The Morgan fingerprint density at radius 2 is 2.00 bits per heavy atom. The Labute approximate surface area is 110 Å². The molecule has 0 saturated carbocycles. The third-order valence-corrected chi connectivity index (χ3v) is 2.99. The minimum Gasteiger partial charge on any atom is -0.481 e. The highest BCUT2D eigenvalue weighted by Gasteiger charge is 2.16. The molecule has 0 aliphatic carbocycles. The van der Waals surface area contributed by atoms with Gasteiger partial charge < -0.3 is 15.3 Å². The first-order valence-corrected chi connectivity index (χ1v) is 6.12. The Hall–Kier alpha value is -2.11. The molecule has 1 amide bonds. The first-order chi connectivity index (χ1) is 9.06. The normalized spacial score (nSPS) is 14.5. The van der Waals surface area contributed by atoms with Crippen LogP contribution in [0.1, 0.15) is 19.3 Å². The van der Waals surface area contributed by atoms with Gasteiger partial charge in [-0.15, -0.1) is 0 Å². The van der Waals surface area contributed by atoms with Crippen molar-refractivity contribution in [2.24, 2.45) is 0 Å². The zero-order chi connectivity index (χ0) is 13.8. The molecule has 0 atom stereocenters. The average Bonchev–Trinajstić information content (AvgIpc) is 2.81. The van der Waals surface area contributed by atoms with Crippen molar-refractivity contribution in [3.63, 3.8) is 0 Å². The van der Waals surface area contributed by atoms with Crippen LogP contribution >= 0.6 is 0 Å². The van der Waals surface area contributed by atoms with E-state index in [0.29, 0.717) is 5.69 Å². The number of anilines is 2. The number of aliphatic carboxylic acids is 1. The molecular formula is C13H15FN2O3. The Morgan fingerprint density at radius 1 is 1.32 bits per heavy atom. The summed E-state index contributed by atoms with van der Waals surface area (Å²) in [5.41, 5.74) is 0.792. The predicted molar refractivity (Wildman–Crippen MR) is 68.7 cm³/mol. The number of amides is 1. The molecule has 2 N–H and O–H groups in total. The zero-order valence-electron chi connectivity index (χ0n) is 10.4. The number of nitrogens with one attached hydrogen (secondary N) is 1. The maximum absolute atomic E-state index is 13.9. The van der Waals surface area contributed by atoms with Crippen LogP contribution in [0, 0.1) is 5.82 Å². The molecule has 2 rings (SSSR count). The number of nitrogens with zero attached hydrogens (tertiary/aromatic N) is 1. The van der Waals surface area contributed by atoms with Crippen LogP contribution in [0.2, 0.25) is 0 Å². The number of rotatable bonds is 4. The first kappa shape index (κ1) is 13.3. The summed E-state index contributed by atoms with van der Waals surface area (Å²) in [6.07, 6.45) is 1.47. The fourth-order valence-corrected chi connectivity index (χ4v) is 2.14. The maximum Gasteiger partial charge on any atom is 0.312 e. The number of hydrogen-bond acceptors (Lipinski definition) is 3. The van der Waals surface area contributed by atoms with Crippen molar-refractivity contribution in [1.82, 2.24) is 0 Å². The van der Waals surface area contributed by atoms with Crippen molar-refractivity contribution in [3.05, 3.63) is 24.0 Å². The van der Waals surface area contributed by atoms with Gasteiger partial charge in [0.2, 0.25) is 5.91 Å². The fraction of sp³-hybridized carbons (Fsp3) is 0.385. The molecule has 1 heterocycles. The standard InChI is InChI=1S/C13H15FN2O3/c14-10-7-9(15-12(17)8-13(18)19)3-4-11(10)16-5-1-2-6-16/h3-4,7H,1-2,5-6,8H2,(H,15,17)(H,18,19). The lowest BCUT2D eigenvalue weighted by Crippen LogP contribution is -2.19. The van der Waals surface area contributed by atoms with Gasteiger partial charge in [-0.25, -0.2) is 4.39 Å². The Kier molecular flexibility index (Phi) is 3.99. The molecule has 0 radical (unpaired) electrons. The highest BCUT2D eigenvalue weighted by atomic mass is 19.1. The second-order valence-electron chi connectivity index (χ2n) is 4.48. The van der Waals surface area contributed by atoms with Gasteiger partial charge in [0, 0.05) is 18.8 Å². The number of carboxylic acid groups (broad SMARTS) is 1. The summed E-state index contributed by atoms with van der Waals surface area (Å²) in [6.45, 7) is 1.67. The van der Waals surface area contributed by atoms with Gasteiger partial charge in [-0.05, 0) is 31.0 Å². The lowest BCUT2D eigenvalue weighted by molar-refractivity contribution is -0.139. The van der Waals surface area contributed by atoms with Crippen molar-refractivity contribution >= 4 is 23.3 Å². The smallest absolute Gasteiger partial charge is 0.312 e. The van der Waals surface area contributed by atoms with E-state index in [1.165, 1.54) is 6.07 Å². The molecule has 0 aromatic heterocycles. The summed E-state index contributed by atoms with van der Waals surface area (Å²) in [7, 11) is 0. The van der Waals surface area contributed by atoms with Crippen LogP contribution in [-0.4, -0.2) is 30.1 Å². The Balaban J connectivity index is 2.06. The van der Waals surface area contributed by atoms with Crippen LogP contribution in [0.25, 0.3) is 0 Å². The van der Waals surface area contributed by atoms with Crippen molar-refractivity contribution < 1.29 is 19.1 Å². The summed E-state index contributed by atoms with van der Waals surface area (Å²) < 4.78 is 13.9. The highest BCUT2D eigenvalue weighted by molar-refractivity contribution is 6.01. The van der Waals surface area contributed by atoms with E-state index >= 15 is 0 Å². The summed E-state index contributed by atoms with van der Waals surface area (Å²) in [5.74, 6) is -2.29. The van der Waals surface area contributed by atoms with Crippen molar-refractivity contribution in [1.29, 1.82) is 0 Å². The fourth-order valence-electron chi connectivity index (χ4n) is 2.14. The lowest BCUT2D eigenvalue weighted by atomic mass is 10.2. The lowest BCUT2D eigenvalue weighted by Gasteiger charge is -2.18. The highest BCUT2D eigenvalue weighted by Crippen LogP contribution is 2.26. The summed E-state index contributed by atoms with van der Waals surface area (Å²) in [6, 6.07) is 4.40. The summed E-state index contributed by atoms with van der Waals surface area (Å²) >= 11 is 0. The van der Waals surface area contributed by atoms with E-state index in [1.807, 2.05) is 4.90 Å². The van der Waals surface area contributed by atoms with E-state index in [-0.39, 0.29) is 5.69 Å². The molecule has 1 aliphatic heterocycles. The van der Waals surface area contributed by atoms with Crippen molar-refractivity contribution in [2.45, 2.75) is 19.3 Å². The monoisotopic (exact) mass is 266 g/mol. The van der Waals surface area contributed by atoms with Gasteiger partial charge in [-0.3, -0.25) is 9.59 Å². The van der Waals surface area contributed by atoms with E-state index in [9.17, 15) is 14.0 Å². The molecule has 0 spiro atoms. The zero-order valence-corrected chi connectivity index (χ0v) is 10.4. The molecule has 1 aliphatic rings. The van der Waals surface area contributed by atoms with Gasteiger partial charge in [-0.2, -0.15) is 0 Å². The summed E-state index contributed by atoms with van der Waals surface area (Å²) in [5, 5.41) is 10.8. The van der Waals surface area contributed by atoms with Gasteiger partial charge >= 0.3 is 5.97 Å². The van der Waals surface area contributed by atoms with Crippen LogP contribution in [0.3, 0.4) is 0 Å². The maximum atomic E-state index is 13.9. The molecule has 102 valence electrons. The van der Waals surface area contributed by atoms with E-state index in [4.69, 9.17) is 5.11 Å². The largest absolute Gasteiger partial charge is 0.481 e. The van der Waals surface area contributed by atoms with Gasteiger partial charge in [0.25, 0.3) is 0 Å². The number of halogens is 1. The van der Waals surface area contributed by atoms with Gasteiger partial charge in [0.1, 0.15) is 12.2 Å². The number of carbonyl (C=O) groups excluding carboxylic acids is 1. The number of hydrogen-bond donors (Lipinski definition) is 2. The molecule has 5 nitrogen and oxygen atoms in total. The molecule has 19 heavy (non-hydrogen) atoms. The van der Waals surface area contributed by atoms with Gasteiger partial charge in [0.15, 0.2) is 0 Å². The molecule has 1 saturated heterocycles. The van der Waals surface area contributed by atoms with E-state index in [1.54, 1.807) is 12.1 Å². The first-order valence-electron chi connectivity index (χ1n) is 6.12. The predicted octanol–water partition coefficient (Wildman–Crippen LogP) is 1.84. The van der Waals surface area contributed by atoms with Crippen LogP contribution in [0.15, 0.2) is 18.2 Å². The van der Waals surface area contributed by atoms with Crippen molar-refractivity contribution in [2.75, 3.05) is 23.3 Å².